The van der Waals surface area contributed by atoms with Crippen molar-refractivity contribution in [2.75, 3.05) is 31.3 Å². The first-order valence-corrected chi connectivity index (χ1v) is 9.95. The van der Waals surface area contributed by atoms with Crippen LogP contribution in [0.5, 0.6) is 11.5 Å². The Kier molecular flexibility index (Phi) is 7.80. The molecule has 166 valence electrons. The van der Waals surface area contributed by atoms with Gasteiger partial charge < -0.3 is 25.4 Å². The number of aliphatic hydroxyl groups is 2. The quantitative estimate of drug-likeness (QED) is 0.449. The van der Waals surface area contributed by atoms with Crippen LogP contribution in [-0.2, 0) is 0 Å². The van der Waals surface area contributed by atoms with Crippen LogP contribution in [0, 0.1) is 0 Å². The molecule has 8 heteroatoms. The molecule has 32 heavy (non-hydrogen) atoms. The molecule has 0 saturated heterocycles. The van der Waals surface area contributed by atoms with Crippen molar-refractivity contribution in [2.45, 2.75) is 0 Å². The maximum Gasteiger partial charge on any atom is 0.262 e. The molecule has 0 spiro atoms. The number of ether oxygens (including phenoxy) is 2. The molecular formula is C24H24N2O6. The second-order valence-electron chi connectivity index (χ2n) is 6.72. The standard InChI is InChI=1S/C24H24N2O6/c25-23(29)17-7-9-18(10-8-17)24(30)26(19-3-1-5-21(15-19)31-13-11-27)20-4-2-6-22(16-20)32-14-12-28/h1-10,15-16,27-28H,11-14H2,(H2,25,29). The largest absolute Gasteiger partial charge is 0.491 e. The van der Waals surface area contributed by atoms with E-state index >= 15 is 0 Å². The highest BCUT2D eigenvalue weighted by atomic mass is 16.5. The first kappa shape index (κ1) is 22.8. The van der Waals surface area contributed by atoms with E-state index in [-0.39, 0.29) is 32.3 Å². The second-order valence-corrected chi connectivity index (χ2v) is 6.72. The van der Waals surface area contributed by atoms with Gasteiger partial charge in [0.2, 0.25) is 5.91 Å². The van der Waals surface area contributed by atoms with Gasteiger partial charge in [0.15, 0.2) is 0 Å². The molecule has 0 radical (unpaired) electrons. The number of hydrogen-bond acceptors (Lipinski definition) is 6. The number of carbonyl (C=O) groups excluding carboxylic acids is 2. The molecule has 0 aliphatic heterocycles. The molecule has 3 aromatic rings. The number of amides is 2. The number of primary amides is 1. The maximum atomic E-state index is 13.5. The first-order valence-electron chi connectivity index (χ1n) is 9.95. The highest BCUT2D eigenvalue weighted by molar-refractivity contribution is 6.11. The lowest BCUT2D eigenvalue weighted by molar-refractivity contribution is 0.0988. The third-order valence-electron chi connectivity index (χ3n) is 4.49. The molecule has 3 aromatic carbocycles. The number of carbonyl (C=O) groups is 2. The number of aliphatic hydroxyl groups excluding tert-OH is 2. The van der Waals surface area contributed by atoms with E-state index in [9.17, 15) is 9.59 Å². The van der Waals surface area contributed by atoms with Gasteiger partial charge in [-0.15, -0.1) is 0 Å². The van der Waals surface area contributed by atoms with Crippen LogP contribution in [-0.4, -0.2) is 48.5 Å². The highest BCUT2D eigenvalue weighted by Crippen LogP contribution is 2.32. The minimum Gasteiger partial charge on any atom is -0.491 e. The molecule has 2 amide bonds. The Balaban J connectivity index is 2.03. The van der Waals surface area contributed by atoms with Gasteiger partial charge in [-0.2, -0.15) is 0 Å². The van der Waals surface area contributed by atoms with Crippen LogP contribution < -0.4 is 20.1 Å². The van der Waals surface area contributed by atoms with E-state index in [2.05, 4.69) is 0 Å². The van der Waals surface area contributed by atoms with Gasteiger partial charge in [-0.1, -0.05) is 12.1 Å². The number of anilines is 2. The zero-order chi connectivity index (χ0) is 22.9. The average molecular weight is 436 g/mol. The summed E-state index contributed by atoms with van der Waals surface area (Å²) in [5.74, 6) is 0.0557. The van der Waals surface area contributed by atoms with Crippen molar-refractivity contribution >= 4 is 23.2 Å². The molecule has 0 unspecified atom stereocenters. The van der Waals surface area contributed by atoms with Crippen molar-refractivity contribution in [1.29, 1.82) is 0 Å². The van der Waals surface area contributed by atoms with Crippen LogP contribution in [0.2, 0.25) is 0 Å². The SMILES string of the molecule is NC(=O)c1ccc(C(=O)N(c2cccc(OCCO)c2)c2cccc(OCCO)c2)cc1. The van der Waals surface area contributed by atoms with Crippen LogP contribution in [0.4, 0.5) is 11.4 Å². The Morgan fingerprint density at radius 1 is 0.750 bits per heavy atom. The molecular weight excluding hydrogens is 412 g/mol. The number of hydrogen-bond donors (Lipinski definition) is 3. The van der Waals surface area contributed by atoms with E-state index in [4.69, 9.17) is 25.4 Å². The predicted molar refractivity (Wildman–Crippen MR) is 119 cm³/mol. The number of rotatable bonds is 10. The Labute approximate surface area is 185 Å². The highest BCUT2D eigenvalue weighted by Gasteiger charge is 2.21. The lowest BCUT2D eigenvalue weighted by Crippen LogP contribution is -2.26. The molecule has 3 rings (SSSR count). The van der Waals surface area contributed by atoms with Crippen molar-refractivity contribution in [2.24, 2.45) is 5.73 Å². The van der Waals surface area contributed by atoms with Crippen molar-refractivity contribution in [3.05, 3.63) is 83.9 Å². The zero-order valence-electron chi connectivity index (χ0n) is 17.3. The summed E-state index contributed by atoms with van der Waals surface area (Å²) in [7, 11) is 0. The second kappa shape index (κ2) is 10.9. The third-order valence-corrected chi connectivity index (χ3v) is 4.49. The molecule has 8 nitrogen and oxygen atoms in total. The fraction of sp³-hybridized carbons (Fsp3) is 0.167. The smallest absolute Gasteiger partial charge is 0.262 e. The van der Waals surface area contributed by atoms with Gasteiger partial charge >= 0.3 is 0 Å². The summed E-state index contributed by atoms with van der Waals surface area (Å²) in [6.45, 7) is -0.0282. The van der Waals surface area contributed by atoms with Gasteiger partial charge in [-0.3, -0.25) is 14.5 Å². The number of nitrogens with zero attached hydrogens (tertiary/aromatic N) is 1. The lowest BCUT2D eigenvalue weighted by atomic mass is 10.1. The Morgan fingerprint density at radius 3 is 1.66 bits per heavy atom. The van der Waals surface area contributed by atoms with Crippen LogP contribution in [0.15, 0.2) is 72.8 Å². The van der Waals surface area contributed by atoms with Crippen LogP contribution in [0.1, 0.15) is 20.7 Å². The lowest BCUT2D eigenvalue weighted by Gasteiger charge is -2.24. The maximum absolute atomic E-state index is 13.5. The van der Waals surface area contributed by atoms with Gasteiger partial charge in [0, 0.05) is 23.3 Å². The Hall–Kier alpha value is -3.88. The van der Waals surface area contributed by atoms with E-state index in [0.717, 1.165) is 0 Å². The van der Waals surface area contributed by atoms with Gasteiger partial charge in [-0.05, 0) is 48.5 Å². The van der Waals surface area contributed by atoms with E-state index in [1.165, 1.54) is 29.2 Å². The monoisotopic (exact) mass is 436 g/mol. The molecule has 0 aliphatic rings. The molecule has 0 heterocycles. The Bertz CT molecular complexity index is 1020. The summed E-state index contributed by atoms with van der Waals surface area (Å²) in [6.07, 6.45) is 0. The number of nitrogens with two attached hydrogens (primary N) is 1. The molecule has 0 aromatic heterocycles. The summed E-state index contributed by atoms with van der Waals surface area (Å²) in [6, 6.07) is 19.9. The van der Waals surface area contributed by atoms with Crippen molar-refractivity contribution in [3.63, 3.8) is 0 Å². The molecule has 4 N–H and O–H groups in total. The zero-order valence-corrected chi connectivity index (χ0v) is 17.3. The topological polar surface area (TPSA) is 122 Å². The predicted octanol–water partition coefficient (Wildman–Crippen LogP) is 2.51. The van der Waals surface area contributed by atoms with Crippen LogP contribution in [0.25, 0.3) is 0 Å². The normalized spacial score (nSPS) is 10.4. The van der Waals surface area contributed by atoms with Gasteiger partial charge in [0.1, 0.15) is 24.7 Å². The first-order chi connectivity index (χ1) is 15.5. The van der Waals surface area contributed by atoms with Gasteiger partial charge in [0.05, 0.1) is 24.6 Å². The minimum atomic E-state index is -0.580. The van der Waals surface area contributed by atoms with E-state index < -0.39 is 5.91 Å². The van der Waals surface area contributed by atoms with E-state index in [0.29, 0.717) is 34.0 Å². The third kappa shape index (κ3) is 5.63. The van der Waals surface area contributed by atoms with Gasteiger partial charge in [-0.25, -0.2) is 0 Å². The number of benzene rings is 3. The molecule has 0 fully saturated rings. The van der Waals surface area contributed by atoms with Crippen molar-refractivity contribution in [3.8, 4) is 11.5 Å². The molecule has 0 atom stereocenters. The summed E-state index contributed by atoms with van der Waals surface area (Å²) in [4.78, 5) is 26.4. The molecule has 0 bridgehead atoms. The minimum absolute atomic E-state index is 0.121. The average Bonchev–Trinajstić information content (AvgIpc) is 2.82. The molecule has 0 aliphatic carbocycles. The summed E-state index contributed by atoms with van der Waals surface area (Å²) < 4.78 is 11.0. The van der Waals surface area contributed by atoms with Crippen LogP contribution in [0.3, 0.4) is 0 Å². The van der Waals surface area contributed by atoms with Crippen molar-refractivity contribution in [1.82, 2.24) is 0 Å². The Morgan fingerprint density at radius 2 is 1.22 bits per heavy atom. The van der Waals surface area contributed by atoms with Crippen molar-refractivity contribution < 1.29 is 29.3 Å². The molecule has 0 saturated carbocycles. The van der Waals surface area contributed by atoms with E-state index in [1.54, 1.807) is 48.5 Å². The van der Waals surface area contributed by atoms with Gasteiger partial charge in [0.25, 0.3) is 5.91 Å². The fourth-order valence-corrected chi connectivity index (χ4v) is 3.04. The summed E-state index contributed by atoms with van der Waals surface area (Å²) in [5.41, 5.74) is 7.00. The summed E-state index contributed by atoms with van der Waals surface area (Å²) >= 11 is 0. The van der Waals surface area contributed by atoms with Crippen LogP contribution >= 0.6 is 0 Å². The van der Waals surface area contributed by atoms with E-state index in [1.807, 2.05) is 0 Å². The fourth-order valence-electron chi connectivity index (χ4n) is 3.04. The summed E-state index contributed by atoms with van der Waals surface area (Å²) in [5, 5.41) is 18.1.